The van der Waals surface area contributed by atoms with Crippen molar-refractivity contribution in [3.05, 3.63) is 107 Å². The van der Waals surface area contributed by atoms with Gasteiger partial charge < -0.3 is 19.1 Å². The van der Waals surface area contributed by atoms with Crippen LogP contribution in [-0.2, 0) is 20.9 Å². The molecule has 5 rings (SSSR count). The van der Waals surface area contributed by atoms with Crippen molar-refractivity contribution in [2.45, 2.75) is 6.61 Å². The summed E-state index contributed by atoms with van der Waals surface area (Å²) in [5.41, 5.74) is 2.47. The van der Waals surface area contributed by atoms with Crippen LogP contribution < -0.4 is 14.4 Å². The van der Waals surface area contributed by atoms with Crippen LogP contribution in [0.15, 0.2) is 90.6 Å². The first-order chi connectivity index (χ1) is 19.4. The molecule has 202 valence electrons. The van der Waals surface area contributed by atoms with E-state index in [2.05, 4.69) is 18.2 Å². The zero-order valence-electron chi connectivity index (χ0n) is 21.8. The average molecular weight is 573 g/mol. The number of methoxy groups -OCH3 is 2. The van der Waals surface area contributed by atoms with Gasteiger partial charge in [0.1, 0.15) is 18.8 Å². The van der Waals surface area contributed by atoms with Gasteiger partial charge in [-0.05, 0) is 76.6 Å². The zero-order valence-corrected chi connectivity index (χ0v) is 23.4. The standard InChI is InChI=1S/C31H25ClN2O5S/c1-37-28-17-20(10-15-27(28)39-19-22-8-5-7-21-6-3-4-9-25(21)22)16-26-30(36)34(24-13-11-23(32)12-14-24)31(40)33(26)18-29(35)38-2/h3-17H,18-19H2,1-2H3/b26-16-. The summed E-state index contributed by atoms with van der Waals surface area (Å²) in [5.74, 6) is 0.136. The second kappa shape index (κ2) is 11.8. The number of esters is 1. The largest absolute Gasteiger partial charge is 0.493 e. The Labute approximate surface area is 242 Å². The maximum Gasteiger partial charge on any atom is 0.325 e. The highest BCUT2D eigenvalue weighted by atomic mass is 35.5. The first-order valence-electron chi connectivity index (χ1n) is 12.4. The van der Waals surface area contributed by atoms with Crippen LogP contribution in [0.1, 0.15) is 11.1 Å². The van der Waals surface area contributed by atoms with E-state index in [1.54, 1.807) is 49.6 Å². The van der Waals surface area contributed by atoms with Gasteiger partial charge in [0.05, 0.1) is 19.9 Å². The van der Waals surface area contributed by atoms with Crippen LogP contribution in [0.3, 0.4) is 0 Å². The summed E-state index contributed by atoms with van der Waals surface area (Å²) in [5, 5.41) is 2.95. The molecule has 0 atom stereocenters. The molecule has 0 saturated carbocycles. The number of ether oxygens (including phenoxy) is 3. The molecule has 1 saturated heterocycles. The zero-order chi connectivity index (χ0) is 28.2. The third-order valence-electron chi connectivity index (χ3n) is 6.49. The van der Waals surface area contributed by atoms with Gasteiger partial charge in [0.15, 0.2) is 16.6 Å². The molecule has 0 aliphatic carbocycles. The first kappa shape index (κ1) is 27.2. The minimum Gasteiger partial charge on any atom is -0.493 e. The lowest BCUT2D eigenvalue weighted by Gasteiger charge is -2.19. The van der Waals surface area contributed by atoms with Gasteiger partial charge in [0, 0.05) is 5.02 Å². The minimum absolute atomic E-state index is 0.158. The van der Waals surface area contributed by atoms with Crippen molar-refractivity contribution in [2.24, 2.45) is 0 Å². The topological polar surface area (TPSA) is 68.3 Å². The summed E-state index contributed by atoms with van der Waals surface area (Å²) in [7, 11) is 2.84. The molecule has 4 aromatic rings. The molecule has 7 nitrogen and oxygen atoms in total. The van der Waals surface area contributed by atoms with Crippen LogP contribution in [-0.4, -0.2) is 42.7 Å². The van der Waals surface area contributed by atoms with Gasteiger partial charge in [-0.3, -0.25) is 14.5 Å². The SMILES string of the molecule is COC(=O)CN1C(=S)N(c2ccc(Cl)cc2)C(=O)/C1=C/c1ccc(OCc2cccc3ccccc23)c(OC)c1. The van der Waals surface area contributed by atoms with E-state index in [1.807, 2.05) is 30.3 Å². The van der Waals surface area contributed by atoms with E-state index in [1.165, 1.54) is 16.9 Å². The first-order valence-corrected chi connectivity index (χ1v) is 13.2. The maximum atomic E-state index is 13.6. The predicted molar refractivity (Wildman–Crippen MR) is 160 cm³/mol. The summed E-state index contributed by atoms with van der Waals surface area (Å²) in [4.78, 5) is 28.6. The van der Waals surface area contributed by atoms with Crippen molar-refractivity contribution in [1.29, 1.82) is 0 Å². The van der Waals surface area contributed by atoms with Gasteiger partial charge >= 0.3 is 5.97 Å². The van der Waals surface area contributed by atoms with Crippen LogP contribution in [0.5, 0.6) is 11.5 Å². The highest BCUT2D eigenvalue weighted by Gasteiger charge is 2.40. The van der Waals surface area contributed by atoms with Crippen LogP contribution in [0.25, 0.3) is 16.8 Å². The summed E-state index contributed by atoms with van der Waals surface area (Å²) >= 11 is 11.6. The number of carbonyl (C=O) groups is 2. The third-order valence-corrected chi connectivity index (χ3v) is 7.14. The number of nitrogens with zero attached hydrogens (tertiary/aromatic N) is 2. The molecular formula is C31H25ClN2O5S. The van der Waals surface area contributed by atoms with Gasteiger partial charge in [-0.1, -0.05) is 60.1 Å². The van der Waals surface area contributed by atoms with Crippen molar-refractivity contribution < 1.29 is 23.8 Å². The fourth-order valence-electron chi connectivity index (χ4n) is 4.47. The van der Waals surface area contributed by atoms with Crippen LogP contribution in [0.2, 0.25) is 5.02 Å². The molecule has 1 fully saturated rings. The molecule has 0 N–H and O–H groups in total. The molecular weight excluding hydrogens is 548 g/mol. The Balaban J connectivity index is 1.44. The summed E-state index contributed by atoms with van der Waals surface area (Å²) in [6.07, 6.45) is 1.66. The van der Waals surface area contributed by atoms with Crippen molar-refractivity contribution >= 4 is 63.3 Å². The third kappa shape index (κ3) is 5.50. The van der Waals surface area contributed by atoms with Gasteiger partial charge in [0.25, 0.3) is 5.91 Å². The van der Waals surface area contributed by atoms with Crippen molar-refractivity contribution in [2.75, 3.05) is 25.7 Å². The Morgan fingerprint density at radius 3 is 2.45 bits per heavy atom. The number of halogens is 1. The predicted octanol–water partition coefficient (Wildman–Crippen LogP) is 6.23. The molecule has 0 aromatic heterocycles. The number of fused-ring (bicyclic) bond motifs is 1. The Morgan fingerprint density at radius 2 is 1.70 bits per heavy atom. The summed E-state index contributed by atoms with van der Waals surface area (Å²) < 4.78 is 16.6. The fourth-order valence-corrected chi connectivity index (χ4v) is 4.95. The van der Waals surface area contributed by atoms with Crippen molar-refractivity contribution in [1.82, 2.24) is 4.90 Å². The Kier molecular flexibility index (Phi) is 8.00. The molecule has 1 amide bonds. The minimum atomic E-state index is -0.534. The molecule has 0 unspecified atom stereocenters. The summed E-state index contributed by atoms with van der Waals surface area (Å²) in [6, 6.07) is 26.3. The molecule has 4 aromatic carbocycles. The number of rotatable bonds is 8. The maximum absolute atomic E-state index is 13.6. The second-order valence-corrected chi connectivity index (χ2v) is 9.73. The molecule has 9 heteroatoms. The van der Waals surface area contributed by atoms with Crippen molar-refractivity contribution in [3.63, 3.8) is 0 Å². The van der Waals surface area contributed by atoms with E-state index >= 15 is 0 Å². The number of hydrogen-bond donors (Lipinski definition) is 0. The smallest absolute Gasteiger partial charge is 0.325 e. The highest BCUT2D eigenvalue weighted by Crippen LogP contribution is 2.33. The molecule has 1 aliphatic rings. The number of thiocarbonyl (C=S) groups is 1. The number of carbonyl (C=O) groups excluding carboxylic acids is 2. The highest BCUT2D eigenvalue weighted by molar-refractivity contribution is 7.80. The monoisotopic (exact) mass is 572 g/mol. The second-order valence-electron chi connectivity index (χ2n) is 8.93. The summed E-state index contributed by atoms with van der Waals surface area (Å²) in [6.45, 7) is 0.133. The van der Waals surface area contributed by atoms with Gasteiger partial charge in [-0.25, -0.2) is 0 Å². The fraction of sp³-hybridized carbons (Fsp3) is 0.129. The van der Waals surface area contributed by atoms with Crippen LogP contribution >= 0.6 is 23.8 Å². The van der Waals surface area contributed by atoms with Crippen molar-refractivity contribution in [3.8, 4) is 11.5 Å². The van der Waals surface area contributed by atoms with E-state index in [0.717, 1.165) is 16.3 Å². The van der Waals surface area contributed by atoms with Gasteiger partial charge in [-0.15, -0.1) is 0 Å². The molecule has 1 heterocycles. The lowest BCUT2D eigenvalue weighted by atomic mass is 10.1. The molecule has 0 bridgehead atoms. The molecule has 0 spiro atoms. The Hall–Kier alpha value is -4.40. The molecule has 1 aliphatic heterocycles. The quantitative estimate of drug-likeness (QED) is 0.141. The molecule has 0 radical (unpaired) electrons. The van der Waals surface area contributed by atoms with E-state index < -0.39 is 5.97 Å². The number of hydrogen-bond acceptors (Lipinski definition) is 6. The molecule has 40 heavy (non-hydrogen) atoms. The van der Waals surface area contributed by atoms with E-state index in [0.29, 0.717) is 34.4 Å². The van der Waals surface area contributed by atoms with E-state index in [-0.39, 0.29) is 23.3 Å². The lowest BCUT2D eigenvalue weighted by Crippen LogP contribution is -2.35. The normalized spacial score (nSPS) is 14.2. The van der Waals surface area contributed by atoms with Gasteiger partial charge in [0.2, 0.25) is 0 Å². The van der Waals surface area contributed by atoms with Crippen LogP contribution in [0, 0.1) is 0 Å². The average Bonchev–Trinajstić information content (AvgIpc) is 3.20. The van der Waals surface area contributed by atoms with Gasteiger partial charge in [-0.2, -0.15) is 0 Å². The van der Waals surface area contributed by atoms with E-state index in [4.69, 9.17) is 38.0 Å². The number of anilines is 1. The van der Waals surface area contributed by atoms with E-state index in [9.17, 15) is 9.59 Å². The Morgan fingerprint density at radius 1 is 0.950 bits per heavy atom. The number of benzene rings is 4. The Bertz CT molecular complexity index is 1630. The van der Waals surface area contributed by atoms with Crippen LogP contribution in [0.4, 0.5) is 5.69 Å². The number of amides is 1. The lowest BCUT2D eigenvalue weighted by molar-refractivity contribution is -0.140.